The number of ether oxygens (including phenoxy) is 2. The number of hydrogen-bond acceptors (Lipinski definition) is 4. The monoisotopic (exact) mass is 200 g/mol. The molecule has 0 aromatic heterocycles. The van der Waals surface area contributed by atoms with Crippen LogP contribution in [0, 0.1) is 0 Å². The van der Waals surface area contributed by atoms with E-state index in [-0.39, 0.29) is 24.7 Å². The van der Waals surface area contributed by atoms with E-state index in [0.717, 1.165) is 13.1 Å². The fraction of sp³-hybridized carbons (Fsp3) is 0.889. The van der Waals surface area contributed by atoms with Crippen LogP contribution in [0.5, 0.6) is 0 Å². The molecule has 0 bridgehead atoms. The van der Waals surface area contributed by atoms with Gasteiger partial charge in [0.15, 0.2) is 0 Å². The van der Waals surface area contributed by atoms with Crippen LogP contribution in [-0.2, 0) is 14.3 Å². The van der Waals surface area contributed by atoms with Gasteiger partial charge in [-0.05, 0) is 0 Å². The van der Waals surface area contributed by atoms with E-state index in [1.54, 1.807) is 7.11 Å². The first-order chi connectivity index (χ1) is 6.83. The zero-order chi connectivity index (χ0) is 9.97. The Morgan fingerprint density at radius 2 is 2.50 bits per heavy atom. The summed E-state index contributed by atoms with van der Waals surface area (Å²) in [6.07, 6.45) is 0.171. The highest BCUT2D eigenvalue weighted by Gasteiger charge is 2.39. The van der Waals surface area contributed by atoms with E-state index >= 15 is 0 Å². The van der Waals surface area contributed by atoms with Gasteiger partial charge in [0.25, 0.3) is 0 Å². The third-order valence-corrected chi connectivity index (χ3v) is 2.81. The zero-order valence-electron chi connectivity index (χ0n) is 8.36. The summed E-state index contributed by atoms with van der Waals surface area (Å²) in [5.74, 6) is 0.0759. The second-order valence-corrected chi connectivity index (χ2v) is 3.65. The zero-order valence-corrected chi connectivity index (χ0v) is 8.36. The molecule has 1 N–H and O–H groups in total. The Balaban J connectivity index is 1.98. The summed E-state index contributed by atoms with van der Waals surface area (Å²) < 4.78 is 10.4. The summed E-state index contributed by atoms with van der Waals surface area (Å²) in [6.45, 7) is 3.16. The van der Waals surface area contributed by atoms with Crippen LogP contribution in [0.25, 0.3) is 0 Å². The Hall–Kier alpha value is -0.650. The number of carbonyl (C=O) groups excluding carboxylic acids is 1. The molecule has 0 radical (unpaired) electrons. The van der Waals surface area contributed by atoms with Crippen LogP contribution in [-0.4, -0.2) is 62.9 Å². The largest absolute Gasteiger partial charge is 0.383 e. The Bertz CT molecular complexity index is 222. The maximum atomic E-state index is 11.6. The van der Waals surface area contributed by atoms with E-state index in [4.69, 9.17) is 9.47 Å². The van der Waals surface area contributed by atoms with Crippen molar-refractivity contribution in [3.8, 4) is 0 Å². The summed E-state index contributed by atoms with van der Waals surface area (Å²) in [4.78, 5) is 13.4. The minimum atomic E-state index is 0.0759. The van der Waals surface area contributed by atoms with Gasteiger partial charge in [-0.2, -0.15) is 0 Å². The van der Waals surface area contributed by atoms with Gasteiger partial charge in [0.05, 0.1) is 18.8 Å². The molecule has 0 saturated carbocycles. The van der Waals surface area contributed by atoms with Crippen LogP contribution in [0.1, 0.15) is 0 Å². The second kappa shape index (κ2) is 4.25. The van der Waals surface area contributed by atoms with Gasteiger partial charge >= 0.3 is 0 Å². The fourth-order valence-electron chi connectivity index (χ4n) is 2.05. The van der Waals surface area contributed by atoms with Gasteiger partial charge in [0, 0.05) is 26.7 Å². The number of carbonyl (C=O) groups is 1. The molecule has 0 unspecified atom stereocenters. The molecule has 5 heteroatoms. The van der Waals surface area contributed by atoms with E-state index in [0.29, 0.717) is 13.2 Å². The van der Waals surface area contributed by atoms with E-state index in [1.807, 2.05) is 4.90 Å². The van der Waals surface area contributed by atoms with Crippen molar-refractivity contribution in [2.45, 2.75) is 12.1 Å². The van der Waals surface area contributed by atoms with Crippen LogP contribution in [0.2, 0.25) is 0 Å². The summed E-state index contributed by atoms with van der Waals surface area (Å²) in [5, 5.41) is 3.23. The highest BCUT2D eigenvalue weighted by molar-refractivity contribution is 5.78. The number of hydrogen-bond donors (Lipinski definition) is 1. The lowest BCUT2D eigenvalue weighted by Crippen LogP contribution is -2.54. The quantitative estimate of drug-likeness (QED) is 0.624. The lowest BCUT2D eigenvalue weighted by Gasteiger charge is -2.36. The van der Waals surface area contributed by atoms with Crippen molar-refractivity contribution in [3.05, 3.63) is 0 Å². The molecule has 1 amide bonds. The predicted octanol–water partition coefficient (Wildman–Crippen LogP) is -1.17. The van der Waals surface area contributed by atoms with Crippen molar-refractivity contribution in [2.75, 3.05) is 40.0 Å². The number of morpholine rings is 1. The van der Waals surface area contributed by atoms with Gasteiger partial charge in [-0.25, -0.2) is 0 Å². The molecule has 2 saturated heterocycles. The van der Waals surface area contributed by atoms with Crippen molar-refractivity contribution >= 4 is 5.91 Å². The first-order valence-corrected chi connectivity index (χ1v) is 4.93. The molecule has 0 aromatic carbocycles. The number of amides is 1. The standard InChI is InChI=1S/C9H16N2O3/c1-13-3-2-11-7-4-10-5-8(7)14-6-9(11)12/h7-8,10H,2-6H2,1H3/t7-,8-/m0/s1. The topological polar surface area (TPSA) is 50.8 Å². The normalized spacial score (nSPS) is 32.1. The Labute approximate surface area is 83.3 Å². The fourth-order valence-corrected chi connectivity index (χ4v) is 2.05. The average Bonchev–Trinajstić information content (AvgIpc) is 2.64. The molecule has 2 fully saturated rings. The molecule has 0 spiro atoms. The van der Waals surface area contributed by atoms with Crippen molar-refractivity contribution in [2.24, 2.45) is 0 Å². The van der Waals surface area contributed by atoms with E-state index in [2.05, 4.69) is 5.32 Å². The number of rotatable bonds is 3. The molecule has 2 rings (SSSR count). The first-order valence-electron chi connectivity index (χ1n) is 4.93. The van der Waals surface area contributed by atoms with E-state index < -0.39 is 0 Å². The van der Waals surface area contributed by atoms with Crippen LogP contribution < -0.4 is 5.32 Å². The molecular weight excluding hydrogens is 184 g/mol. The van der Waals surface area contributed by atoms with Crippen LogP contribution >= 0.6 is 0 Å². The second-order valence-electron chi connectivity index (χ2n) is 3.65. The Kier molecular flexibility index (Phi) is 3.00. The Morgan fingerprint density at radius 1 is 1.64 bits per heavy atom. The maximum absolute atomic E-state index is 11.6. The number of nitrogens with one attached hydrogen (secondary N) is 1. The smallest absolute Gasteiger partial charge is 0.249 e. The average molecular weight is 200 g/mol. The van der Waals surface area contributed by atoms with Gasteiger partial charge in [0.2, 0.25) is 5.91 Å². The van der Waals surface area contributed by atoms with E-state index in [1.165, 1.54) is 0 Å². The van der Waals surface area contributed by atoms with Gasteiger partial charge in [0.1, 0.15) is 6.61 Å². The SMILES string of the molecule is COCCN1C(=O)CO[C@H]2CNC[C@@H]21. The third-order valence-electron chi connectivity index (χ3n) is 2.81. The van der Waals surface area contributed by atoms with Gasteiger partial charge in [-0.1, -0.05) is 0 Å². The van der Waals surface area contributed by atoms with Crippen LogP contribution in [0.15, 0.2) is 0 Å². The van der Waals surface area contributed by atoms with Gasteiger partial charge in [-0.3, -0.25) is 4.79 Å². The van der Waals surface area contributed by atoms with Gasteiger partial charge < -0.3 is 19.7 Å². The number of methoxy groups -OCH3 is 1. The Morgan fingerprint density at radius 3 is 3.29 bits per heavy atom. The molecule has 2 atom stereocenters. The molecule has 2 aliphatic rings. The molecule has 0 aliphatic carbocycles. The first kappa shape index (κ1) is 9.89. The lowest BCUT2D eigenvalue weighted by atomic mass is 10.1. The maximum Gasteiger partial charge on any atom is 0.249 e. The van der Waals surface area contributed by atoms with Crippen LogP contribution in [0.4, 0.5) is 0 Å². The van der Waals surface area contributed by atoms with E-state index in [9.17, 15) is 4.79 Å². The molecule has 2 heterocycles. The lowest BCUT2D eigenvalue weighted by molar-refractivity contribution is -0.153. The van der Waals surface area contributed by atoms with Crippen molar-refractivity contribution in [1.82, 2.24) is 10.2 Å². The van der Waals surface area contributed by atoms with Crippen LogP contribution in [0.3, 0.4) is 0 Å². The summed E-state index contributed by atoms with van der Waals surface area (Å²) >= 11 is 0. The molecule has 14 heavy (non-hydrogen) atoms. The minimum Gasteiger partial charge on any atom is -0.383 e. The molecule has 2 aliphatic heterocycles. The summed E-state index contributed by atoms with van der Waals surface area (Å²) in [7, 11) is 1.65. The summed E-state index contributed by atoms with van der Waals surface area (Å²) in [6, 6.07) is 0.200. The summed E-state index contributed by atoms with van der Waals surface area (Å²) in [5.41, 5.74) is 0. The highest BCUT2D eigenvalue weighted by atomic mass is 16.5. The van der Waals surface area contributed by atoms with Crippen molar-refractivity contribution < 1.29 is 14.3 Å². The number of fused-ring (bicyclic) bond motifs is 1. The molecular formula is C9H16N2O3. The molecule has 80 valence electrons. The minimum absolute atomic E-state index is 0.0759. The van der Waals surface area contributed by atoms with Crippen molar-refractivity contribution in [1.29, 1.82) is 0 Å². The molecule has 0 aromatic rings. The molecule has 5 nitrogen and oxygen atoms in total. The predicted molar refractivity (Wildman–Crippen MR) is 50.0 cm³/mol. The van der Waals surface area contributed by atoms with Gasteiger partial charge in [-0.15, -0.1) is 0 Å². The number of nitrogens with zero attached hydrogens (tertiary/aromatic N) is 1. The third kappa shape index (κ3) is 1.75. The van der Waals surface area contributed by atoms with Crippen molar-refractivity contribution in [3.63, 3.8) is 0 Å². The highest BCUT2D eigenvalue weighted by Crippen LogP contribution is 2.17.